The van der Waals surface area contributed by atoms with Crippen LogP contribution in [0.2, 0.25) is 0 Å². The highest BCUT2D eigenvalue weighted by molar-refractivity contribution is 5.52. The molecule has 2 rings (SSSR count). The predicted molar refractivity (Wildman–Crippen MR) is 81.4 cm³/mol. The molecule has 0 aromatic carbocycles. The SMILES string of the molecule is CCNCc1cnccc1N(C)C1CCCCC1C. The van der Waals surface area contributed by atoms with Crippen molar-refractivity contribution >= 4 is 5.69 Å². The fraction of sp³-hybridized carbons (Fsp3) is 0.688. The molecule has 1 aliphatic carbocycles. The molecule has 106 valence electrons. The van der Waals surface area contributed by atoms with Gasteiger partial charge in [-0.3, -0.25) is 4.98 Å². The summed E-state index contributed by atoms with van der Waals surface area (Å²) in [6.45, 7) is 6.44. The number of nitrogens with one attached hydrogen (secondary N) is 1. The van der Waals surface area contributed by atoms with Gasteiger partial charge >= 0.3 is 0 Å². The van der Waals surface area contributed by atoms with Crippen LogP contribution in [0.15, 0.2) is 18.5 Å². The van der Waals surface area contributed by atoms with Crippen molar-refractivity contribution in [3.8, 4) is 0 Å². The molecule has 1 saturated carbocycles. The molecule has 3 heteroatoms. The van der Waals surface area contributed by atoms with Crippen molar-refractivity contribution in [2.24, 2.45) is 5.92 Å². The molecule has 1 aromatic heterocycles. The Bertz CT molecular complexity index is 391. The van der Waals surface area contributed by atoms with E-state index >= 15 is 0 Å². The molecule has 0 aliphatic heterocycles. The van der Waals surface area contributed by atoms with Crippen molar-refractivity contribution in [3.63, 3.8) is 0 Å². The molecule has 1 aliphatic rings. The first-order valence-electron chi connectivity index (χ1n) is 7.60. The molecule has 2 unspecified atom stereocenters. The molecule has 1 aromatic rings. The van der Waals surface area contributed by atoms with Gasteiger partial charge in [0.1, 0.15) is 0 Å². The average Bonchev–Trinajstić information content (AvgIpc) is 2.45. The number of aromatic nitrogens is 1. The van der Waals surface area contributed by atoms with Crippen molar-refractivity contribution in [2.75, 3.05) is 18.5 Å². The van der Waals surface area contributed by atoms with Crippen LogP contribution < -0.4 is 10.2 Å². The molecule has 1 fully saturated rings. The Hall–Kier alpha value is -1.09. The molecular formula is C16H27N3. The lowest BCUT2D eigenvalue weighted by Crippen LogP contribution is -2.39. The number of nitrogens with zero attached hydrogens (tertiary/aromatic N) is 2. The highest BCUT2D eigenvalue weighted by atomic mass is 15.1. The Morgan fingerprint density at radius 1 is 1.37 bits per heavy atom. The summed E-state index contributed by atoms with van der Waals surface area (Å²) in [4.78, 5) is 6.76. The average molecular weight is 261 g/mol. The zero-order chi connectivity index (χ0) is 13.7. The van der Waals surface area contributed by atoms with Crippen LogP contribution in [-0.2, 0) is 6.54 Å². The van der Waals surface area contributed by atoms with Crippen LogP contribution in [0.25, 0.3) is 0 Å². The fourth-order valence-corrected chi connectivity index (χ4v) is 3.21. The normalized spacial score (nSPS) is 23.3. The minimum Gasteiger partial charge on any atom is -0.371 e. The molecule has 0 spiro atoms. The summed E-state index contributed by atoms with van der Waals surface area (Å²) in [5.41, 5.74) is 2.65. The van der Waals surface area contributed by atoms with E-state index < -0.39 is 0 Å². The smallest absolute Gasteiger partial charge is 0.0442 e. The van der Waals surface area contributed by atoms with E-state index in [0.717, 1.165) is 19.0 Å². The van der Waals surface area contributed by atoms with E-state index in [9.17, 15) is 0 Å². The highest BCUT2D eigenvalue weighted by Crippen LogP contribution is 2.31. The van der Waals surface area contributed by atoms with Crippen molar-refractivity contribution in [1.82, 2.24) is 10.3 Å². The van der Waals surface area contributed by atoms with Gasteiger partial charge in [0.2, 0.25) is 0 Å². The maximum absolute atomic E-state index is 4.28. The third-order valence-electron chi connectivity index (χ3n) is 4.39. The van der Waals surface area contributed by atoms with E-state index in [1.54, 1.807) is 0 Å². The molecule has 0 bridgehead atoms. The van der Waals surface area contributed by atoms with Crippen LogP contribution in [0.1, 0.15) is 45.1 Å². The predicted octanol–water partition coefficient (Wildman–Crippen LogP) is 3.21. The van der Waals surface area contributed by atoms with Gasteiger partial charge in [-0.05, 0) is 31.4 Å². The minimum atomic E-state index is 0.677. The van der Waals surface area contributed by atoms with Crippen molar-refractivity contribution in [1.29, 1.82) is 0 Å². The Labute approximate surface area is 117 Å². The van der Waals surface area contributed by atoms with E-state index in [2.05, 4.69) is 42.2 Å². The minimum absolute atomic E-state index is 0.677. The highest BCUT2D eigenvalue weighted by Gasteiger charge is 2.26. The summed E-state index contributed by atoms with van der Waals surface area (Å²) in [7, 11) is 2.25. The van der Waals surface area contributed by atoms with Crippen molar-refractivity contribution in [2.45, 2.75) is 52.1 Å². The molecule has 3 nitrogen and oxygen atoms in total. The second-order valence-corrected chi connectivity index (χ2v) is 5.72. The summed E-state index contributed by atoms with van der Waals surface area (Å²) in [5, 5.41) is 3.41. The van der Waals surface area contributed by atoms with Gasteiger partial charge in [-0.15, -0.1) is 0 Å². The van der Waals surface area contributed by atoms with Gasteiger partial charge in [-0.2, -0.15) is 0 Å². The van der Waals surface area contributed by atoms with Gasteiger partial charge in [0.25, 0.3) is 0 Å². The Kier molecular flexibility index (Phi) is 5.20. The van der Waals surface area contributed by atoms with Gasteiger partial charge < -0.3 is 10.2 Å². The van der Waals surface area contributed by atoms with Gasteiger partial charge in [-0.1, -0.05) is 26.7 Å². The number of anilines is 1. The maximum Gasteiger partial charge on any atom is 0.0442 e. The first kappa shape index (κ1) is 14.3. The quantitative estimate of drug-likeness (QED) is 0.882. The van der Waals surface area contributed by atoms with Gasteiger partial charge in [0, 0.05) is 43.3 Å². The topological polar surface area (TPSA) is 28.2 Å². The monoisotopic (exact) mass is 261 g/mol. The summed E-state index contributed by atoms with van der Waals surface area (Å²) >= 11 is 0. The van der Waals surface area contributed by atoms with E-state index in [-0.39, 0.29) is 0 Å². The van der Waals surface area contributed by atoms with E-state index in [1.807, 2.05) is 12.4 Å². The molecular weight excluding hydrogens is 234 g/mol. The van der Waals surface area contributed by atoms with Gasteiger partial charge in [-0.25, -0.2) is 0 Å². The van der Waals surface area contributed by atoms with E-state index in [0.29, 0.717) is 6.04 Å². The Morgan fingerprint density at radius 2 is 2.16 bits per heavy atom. The zero-order valence-electron chi connectivity index (χ0n) is 12.5. The number of hydrogen-bond donors (Lipinski definition) is 1. The maximum atomic E-state index is 4.28. The molecule has 1 N–H and O–H groups in total. The molecule has 0 saturated heterocycles. The Balaban J connectivity index is 2.15. The van der Waals surface area contributed by atoms with Crippen LogP contribution >= 0.6 is 0 Å². The Morgan fingerprint density at radius 3 is 2.89 bits per heavy atom. The van der Waals surface area contributed by atoms with E-state index in [1.165, 1.54) is 36.9 Å². The summed E-state index contributed by atoms with van der Waals surface area (Å²) < 4.78 is 0. The lowest BCUT2D eigenvalue weighted by atomic mass is 9.85. The fourth-order valence-electron chi connectivity index (χ4n) is 3.21. The molecule has 1 heterocycles. The zero-order valence-corrected chi connectivity index (χ0v) is 12.5. The van der Waals surface area contributed by atoms with Gasteiger partial charge in [0.15, 0.2) is 0 Å². The molecule has 0 amide bonds. The third kappa shape index (κ3) is 3.47. The third-order valence-corrected chi connectivity index (χ3v) is 4.39. The second kappa shape index (κ2) is 6.90. The van der Waals surface area contributed by atoms with Crippen LogP contribution in [0.5, 0.6) is 0 Å². The molecule has 0 radical (unpaired) electrons. The number of hydrogen-bond acceptors (Lipinski definition) is 3. The van der Waals surface area contributed by atoms with E-state index in [4.69, 9.17) is 0 Å². The molecule has 2 atom stereocenters. The lowest BCUT2D eigenvalue weighted by Gasteiger charge is -2.38. The summed E-state index contributed by atoms with van der Waals surface area (Å²) in [6.07, 6.45) is 9.36. The van der Waals surface area contributed by atoms with Crippen LogP contribution in [0.4, 0.5) is 5.69 Å². The van der Waals surface area contributed by atoms with Gasteiger partial charge in [0.05, 0.1) is 0 Å². The first-order valence-corrected chi connectivity index (χ1v) is 7.60. The van der Waals surface area contributed by atoms with Crippen LogP contribution in [0, 0.1) is 5.92 Å². The summed E-state index contributed by atoms with van der Waals surface area (Å²) in [6, 6.07) is 2.84. The lowest BCUT2D eigenvalue weighted by molar-refractivity contribution is 0.321. The number of rotatable bonds is 5. The largest absolute Gasteiger partial charge is 0.371 e. The number of pyridine rings is 1. The first-order chi connectivity index (χ1) is 9.24. The second-order valence-electron chi connectivity index (χ2n) is 5.72. The standard InChI is InChI=1S/C16H27N3/c1-4-17-11-14-12-18-10-9-16(14)19(3)15-8-6-5-7-13(15)2/h9-10,12-13,15,17H,4-8,11H2,1-3H3. The van der Waals surface area contributed by atoms with Crippen molar-refractivity contribution in [3.05, 3.63) is 24.0 Å². The molecule has 19 heavy (non-hydrogen) atoms. The summed E-state index contributed by atoms with van der Waals surface area (Å²) in [5.74, 6) is 0.791. The van der Waals surface area contributed by atoms with Crippen LogP contribution in [0.3, 0.4) is 0 Å². The van der Waals surface area contributed by atoms with Crippen molar-refractivity contribution < 1.29 is 0 Å². The van der Waals surface area contributed by atoms with Crippen LogP contribution in [-0.4, -0.2) is 24.6 Å².